The summed E-state index contributed by atoms with van der Waals surface area (Å²) in [4.78, 5) is 0.00960. The maximum Gasteiger partial charge on any atom is 0.283 e. The van der Waals surface area contributed by atoms with E-state index >= 15 is 0 Å². The van der Waals surface area contributed by atoms with Crippen molar-refractivity contribution in [2.45, 2.75) is 22.6 Å². The number of aromatic nitrogens is 2. The van der Waals surface area contributed by atoms with Crippen molar-refractivity contribution in [2.24, 2.45) is 0 Å². The summed E-state index contributed by atoms with van der Waals surface area (Å²) in [6.07, 6.45) is 1.40. The SMILES string of the molecule is CN(C)S(=O)(=O)c1ccc(S(=O)(=O)n2nc(Br)c3c2CCCN3)cc1. The summed E-state index contributed by atoms with van der Waals surface area (Å²) >= 11 is 3.28. The predicted molar refractivity (Wildman–Crippen MR) is 96.6 cm³/mol. The molecular weight excluding hydrogens is 432 g/mol. The number of sulfonamides is 1. The van der Waals surface area contributed by atoms with Gasteiger partial charge < -0.3 is 5.32 Å². The molecule has 1 aromatic heterocycles. The molecule has 3 rings (SSSR count). The third-order valence-corrected chi connectivity index (χ3v) is 7.93. The Labute approximate surface area is 155 Å². The maximum atomic E-state index is 12.9. The molecule has 8 nitrogen and oxygen atoms in total. The van der Waals surface area contributed by atoms with Crippen LogP contribution in [0, 0.1) is 0 Å². The van der Waals surface area contributed by atoms with E-state index in [4.69, 9.17) is 0 Å². The largest absolute Gasteiger partial charge is 0.381 e. The highest BCUT2D eigenvalue weighted by molar-refractivity contribution is 9.10. The Morgan fingerprint density at radius 3 is 2.32 bits per heavy atom. The van der Waals surface area contributed by atoms with Crippen molar-refractivity contribution < 1.29 is 16.8 Å². The highest BCUT2D eigenvalue weighted by atomic mass is 79.9. The first-order valence-corrected chi connectivity index (χ1v) is 11.1. The van der Waals surface area contributed by atoms with E-state index in [1.165, 1.54) is 38.4 Å². The zero-order chi connectivity index (χ0) is 18.4. The van der Waals surface area contributed by atoms with Crippen LogP contribution in [0.25, 0.3) is 0 Å². The van der Waals surface area contributed by atoms with Crippen LogP contribution in [-0.2, 0) is 26.5 Å². The lowest BCUT2D eigenvalue weighted by Crippen LogP contribution is -2.23. The van der Waals surface area contributed by atoms with Crippen LogP contribution in [0.3, 0.4) is 0 Å². The molecule has 0 atom stereocenters. The van der Waals surface area contributed by atoms with Crippen LogP contribution in [0.2, 0.25) is 0 Å². The first-order valence-electron chi connectivity index (χ1n) is 7.45. The molecule has 1 aromatic carbocycles. The second kappa shape index (κ2) is 6.38. The normalized spacial score (nSPS) is 15.0. The molecule has 1 aliphatic rings. The Balaban J connectivity index is 2.05. The van der Waals surface area contributed by atoms with E-state index in [1.807, 2.05) is 0 Å². The number of hydrogen-bond acceptors (Lipinski definition) is 6. The molecule has 0 amide bonds. The van der Waals surface area contributed by atoms with Crippen molar-refractivity contribution in [3.63, 3.8) is 0 Å². The Bertz CT molecular complexity index is 1010. The average molecular weight is 449 g/mol. The predicted octanol–water partition coefficient (Wildman–Crippen LogP) is 1.49. The molecule has 2 heterocycles. The molecule has 11 heteroatoms. The quantitative estimate of drug-likeness (QED) is 0.759. The number of nitrogens with one attached hydrogen (secondary N) is 1. The minimum Gasteiger partial charge on any atom is -0.381 e. The summed E-state index contributed by atoms with van der Waals surface area (Å²) in [5.74, 6) is 0. The van der Waals surface area contributed by atoms with Gasteiger partial charge in [0.2, 0.25) is 10.0 Å². The highest BCUT2D eigenvalue weighted by Crippen LogP contribution is 2.32. The zero-order valence-corrected chi connectivity index (χ0v) is 16.8. The third kappa shape index (κ3) is 3.09. The Morgan fingerprint density at radius 1 is 1.12 bits per heavy atom. The number of hydrogen-bond donors (Lipinski definition) is 1. The molecule has 136 valence electrons. The van der Waals surface area contributed by atoms with Gasteiger partial charge in [0.1, 0.15) is 0 Å². The summed E-state index contributed by atoms with van der Waals surface area (Å²) in [5, 5.41) is 7.23. The van der Waals surface area contributed by atoms with Gasteiger partial charge in [-0.05, 0) is 53.0 Å². The Kier molecular flexibility index (Phi) is 4.69. The van der Waals surface area contributed by atoms with E-state index in [2.05, 4.69) is 26.3 Å². The van der Waals surface area contributed by atoms with Crippen LogP contribution in [0.1, 0.15) is 12.1 Å². The number of benzene rings is 1. The van der Waals surface area contributed by atoms with Gasteiger partial charge in [0, 0.05) is 20.6 Å². The van der Waals surface area contributed by atoms with E-state index in [0.717, 1.165) is 21.4 Å². The van der Waals surface area contributed by atoms with E-state index in [1.54, 1.807) is 0 Å². The molecule has 0 radical (unpaired) electrons. The van der Waals surface area contributed by atoms with Crippen molar-refractivity contribution in [3.8, 4) is 0 Å². The number of halogens is 1. The van der Waals surface area contributed by atoms with E-state index in [0.29, 0.717) is 22.4 Å². The molecule has 0 aliphatic carbocycles. The van der Waals surface area contributed by atoms with Gasteiger partial charge in [-0.15, -0.1) is 5.10 Å². The molecule has 0 saturated heterocycles. The molecule has 0 spiro atoms. The fourth-order valence-electron chi connectivity index (χ4n) is 2.56. The summed E-state index contributed by atoms with van der Waals surface area (Å²) in [6, 6.07) is 5.13. The van der Waals surface area contributed by atoms with Gasteiger partial charge in [-0.3, -0.25) is 0 Å². The lowest BCUT2D eigenvalue weighted by Gasteiger charge is -2.16. The minimum absolute atomic E-state index is 0.0198. The summed E-state index contributed by atoms with van der Waals surface area (Å²) in [7, 11) is -4.70. The van der Waals surface area contributed by atoms with Crippen molar-refractivity contribution in [2.75, 3.05) is 26.0 Å². The lowest BCUT2D eigenvalue weighted by molar-refractivity contribution is 0.520. The fourth-order valence-corrected chi connectivity index (χ4v) is 5.44. The van der Waals surface area contributed by atoms with Gasteiger partial charge in [0.05, 0.1) is 21.2 Å². The smallest absolute Gasteiger partial charge is 0.283 e. The maximum absolute atomic E-state index is 12.9. The average Bonchev–Trinajstić information content (AvgIpc) is 2.93. The molecule has 0 fully saturated rings. The molecule has 2 aromatic rings. The first kappa shape index (κ1) is 18.4. The monoisotopic (exact) mass is 448 g/mol. The molecular formula is C14H17BrN4O4S2. The molecule has 25 heavy (non-hydrogen) atoms. The topological polar surface area (TPSA) is 101 Å². The van der Waals surface area contributed by atoms with E-state index in [9.17, 15) is 16.8 Å². The van der Waals surface area contributed by atoms with Gasteiger partial charge in [-0.25, -0.2) is 12.7 Å². The molecule has 0 unspecified atom stereocenters. The van der Waals surface area contributed by atoms with Crippen LogP contribution >= 0.6 is 15.9 Å². The van der Waals surface area contributed by atoms with Crippen molar-refractivity contribution in [3.05, 3.63) is 34.6 Å². The van der Waals surface area contributed by atoms with Crippen LogP contribution in [0.4, 0.5) is 5.69 Å². The third-order valence-electron chi connectivity index (χ3n) is 3.92. The molecule has 1 aliphatic heterocycles. The van der Waals surface area contributed by atoms with Crippen LogP contribution < -0.4 is 5.32 Å². The zero-order valence-electron chi connectivity index (χ0n) is 13.6. The second-order valence-electron chi connectivity index (χ2n) is 5.75. The van der Waals surface area contributed by atoms with Gasteiger partial charge in [-0.1, -0.05) is 0 Å². The Hall–Kier alpha value is -1.43. The van der Waals surface area contributed by atoms with Crippen molar-refractivity contribution >= 4 is 41.7 Å². The number of anilines is 1. The first-order chi connectivity index (χ1) is 11.7. The van der Waals surface area contributed by atoms with Crippen molar-refractivity contribution in [1.29, 1.82) is 0 Å². The van der Waals surface area contributed by atoms with Gasteiger partial charge in [0.15, 0.2) is 4.60 Å². The Morgan fingerprint density at radius 2 is 1.72 bits per heavy atom. The highest BCUT2D eigenvalue weighted by Gasteiger charge is 2.28. The van der Waals surface area contributed by atoms with E-state index < -0.39 is 20.0 Å². The van der Waals surface area contributed by atoms with Gasteiger partial charge >= 0.3 is 0 Å². The van der Waals surface area contributed by atoms with Gasteiger partial charge in [0.25, 0.3) is 10.0 Å². The summed E-state index contributed by atoms with van der Waals surface area (Å²) < 4.78 is 52.5. The number of rotatable bonds is 4. The van der Waals surface area contributed by atoms with Gasteiger partial charge in [-0.2, -0.15) is 12.5 Å². The van der Waals surface area contributed by atoms with E-state index in [-0.39, 0.29) is 9.79 Å². The minimum atomic E-state index is -3.91. The molecule has 0 bridgehead atoms. The lowest BCUT2D eigenvalue weighted by atomic mass is 10.1. The molecule has 0 saturated carbocycles. The summed E-state index contributed by atoms with van der Waals surface area (Å²) in [6.45, 7) is 0.758. The van der Waals surface area contributed by atoms with Crippen LogP contribution in [0.5, 0.6) is 0 Å². The number of nitrogens with zero attached hydrogens (tertiary/aromatic N) is 3. The standard InChI is InChI=1S/C14H17BrN4O4S2/c1-18(2)24(20,21)10-5-7-11(8-6-10)25(22,23)19-12-4-3-9-16-13(12)14(15)17-19/h5-8,16H,3-4,9H2,1-2H3. The van der Waals surface area contributed by atoms with Crippen LogP contribution in [0.15, 0.2) is 38.7 Å². The summed E-state index contributed by atoms with van der Waals surface area (Å²) in [5.41, 5.74) is 1.27. The fraction of sp³-hybridized carbons (Fsp3) is 0.357. The van der Waals surface area contributed by atoms with Crippen LogP contribution in [-0.4, -0.2) is 51.0 Å². The van der Waals surface area contributed by atoms with Crippen molar-refractivity contribution in [1.82, 2.24) is 13.5 Å². The number of fused-ring (bicyclic) bond motifs is 1. The molecule has 1 N–H and O–H groups in total. The second-order valence-corrected chi connectivity index (χ2v) is 10.4.